The molecule has 1 aliphatic heterocycles. The Morgan fingerprint density at radius 3 is 2.71 bits per heavy atom. The Hall–Kier alpha value is -1.14. The molecule has 0 unspecified atom stereocenters. The molecule has 3 rings (SSSR count). The lowest BCUT2D eigenvalue weighted by Gasteiger charge is -2.33. The van der Waals surface area contributed by atoms with Crippen molar-refractivity contribution in [2.75, 3.05) is 37.6 Å². The summed E-state index contributed by atoms with van der Waals surface area (Å²) >= 11 is 1.68. The first-order valence-electron chi connectivity index (χ1n) is 6.06. The first-order chi connectivity index (χ1) is 8.26. The van der Waals surface area contributed by atoms with Gasteiger partial charge in [-0.15, -0.1) is 5.10 Å². The summed E-state index contributed by atoms with van der Waals surface area (Å²) in [6.07, 6.45) is 1.98. The van der Waals surface area contributed by atoms with E-state index in [1.165, 1.54) is 0 Å². The second-order valence-corrected chi connectivity index (χ2v) is 5.35. The highest BCUT2D eigenvalue weighted by Crippen LogP contribution is 2.23. The van der Waals surface area contributed by atoms with Gasteiger partial charge < -0.3 is 9.80 Å². The van der Waals surface area contributed by atoms with Crippen molar-refractivity contribution in [3.05, 3.63) is 11.9 Å². The molecule has 2 aromatic heterocycles. The van der Waals surface area contributed by atoms with Crippen LogP contribution in [0.15, 0.2) is 6.20 Å². The van der Waals surface area contributed by atoms with Crippen LogP contribution in [0, 0.1) is 6.92 Å². The summed E-state index contributed by atoms with van der Waals surface area (Å²) in [6, 6.07) is 0. The van der Waals surface area contributed by atoms with E-state index >= 15 is 0 Å². The van der Waals surface area contributed by atoms with Crippen LogP contribution in [-0.2, 0) is 0 Å². The predicted octanol–water partition coefficient (Wildman–Crippen LogP) is 1.24. The Bertz CT molecular complexity index is 477. The molecular formula is C11H17N5S. The maximum absolute atomic E-state index is 4.59. The molecule has 0 spiro atoms. The van der Waals surface area contributed by atoms with Crippen molar-refractivity contribution in [1.29, 1.82) is 0 Å². The van der Waals surface area contributed by atoms with Gasteiger partial charge in [-0.3, -0.25) is 0 Å². The molecule has 0 N–H and O–H groups in total. The largest absolute Gasteiger partial charge is 0.344 e. The van der Waals surface area contributed by atoms with Crippen LogP contribution in [0.5, 0.6) is 0 Å². The van der Waals surface area contributed by atoms with Crippen LogP contribution in [0.2, 0.25) is 0 Å². The quantitative estimate of drug-likeness (QED) is 0.805. The minimum absolute atomic E-state index is 0.996. The van der Waals surface area contributed by atoms with E-state index in [9.17, 15) is 0 Å². The van der Waals surface area contributed by atoms with Crippen molar-refractivity contribution in [3.63, 3.8) is 0 Å². The van der Waals surface area contributed by atoms with E-state index in [1.54, 1.807) is 11.3 Å². The molecule has 5 nitrogen and oxygen atoms in total. The molecule has 0 saturated carbocycles. The van der Waals surface area contributed by atoms with E-state index < -0.39 is 0 Å². The molecule has 17 heavy (non-hydrogen) atoms. The lowest BCUT2D eigenvalue weighted by atomic mass is 10.3. The van der Waals surface area contributed by atoms with Gasteiger partial charge in [-0.1, -0.05) is 18.3 Å². The van der Waals surface area contributed by atoms with E-state index in [1.807, 2.05) is 17.6 Å². The highest BCUT2D eigenvalue weighted by atomic mass is 32.1. The predicted molar refractivity (Wildman–Crippen MR) is 69.9 cm³/mol. The molecule has 92 valence electrons. The summed E-state index contributed by atoms with van der Waals surface area (Å²) in [5, 5.41) is 5.69. The summed E-state index contributed by atoms with van der Waals surface area (Å²) < 4.78 is 1.89. The maximum atomic E-state index is 4.59. The average molecular weight is 251 g/mol. The molecule has 3 heterocycles. The molecule has 0 radical (unpaired) electrons. The number of piperazine rings is 1. The molecule has 6 heteroatoms. The van der Waals surface area contributed by atoms with Gasteiger partial charge in [-0.05, 0) is 13.5 Å². The van der Waals surface area contributed by atoms with Gasteiger partial charge in [0.25, 0.3) is 0 Å². The van der Waals surface area contributed by atoms with E-state index in [0.717, 1.165) is 48.5 Å². The van der Waals surface area contributed by atoms with Crippen molar-refractivity contribution in [1.82, 2.24) is 19.5 Å². The van der Waals surface area contributed by atoms with Crippen molar-refractivity contribution >= 4 is 21.4 Å². The Morgan fingerprint density at radius 2 is 2.06 bits per heavy atom. The molecule has 1 aliphatic rings. The molecule has 0 aliphatic carbocycles. The number of imidazole rings is 1. The van der Waals surface area contributed by atoms with Crippen LogP contribution in [-0.4, -0.2) is 52.2 Å². The number of fused-ring (bicyclic) bond motifs is 1. The van der Waals surface area contributed by atoms with Crippen LogP contribution in [0.4, 0.5) is 5.13 Å². The zero-order chi connectivity index (χ0) is 11.8. The van der Waals surface area contributed by atoms with Crippen molar-refractivity contribution in [3.8, 4) is 0 Å². The molecule has 1 fully saturated rings. The van der Waals surface area contributed by atoms with Gasteiger partial charge in [-0.25, -0.2) is 9.50 Å². The van der Waals surface area contributed by atoms with E-state index in [2.05, 4.69) is 26.8 Å². The first-order valence-corrected chi connectivity index (χ1v) is 6.88. The number of nitrogens with zero attached hydrogens (tertiary/aromatic N) is 5. The Morgan fingerprint density at radius 1 is 1.29 bits per heavy atom. The molecule has 2 aromatic rings. The van der Waals surface area contributed by atoms with Crippen LogP contribution < -0.4 is 4.90 Å². The van der Waals surface area contributed by atoms with Crippen molar-refractivity contribution in [2.45, 2.75) is 13.8 Å². The normalized spacial score (nSPS) is 18.1. The summed E-state index contributed by atoms with van der Waals surface area (Å²) in [4.78, 5) is 10.3. The highest BCUT2D eigenvalue weighted by molar-refractivity contribution is 7.20. The average Bonchev–Trinajstić information content (AvgIpc) is 2.86. The summed E-state index contributed by atoms with van der Waals surface area (Å²) in [5.74, 6) is 0. The number of rotatable bonds is 2. The fraction of sp³-hybridized carbons (Fsp3) is 0.636. The molecule has 1 saturated heterocycles. The Balaban J connectivity index is 1.77. The van der Waals surface area contributed by atoms with Crippen molar-refractivity contribution in [2.24, 2.45) is 0 Å². The Labute approximate surface area is 105 Å². The third kappa shape index (κ3) is 2.02. The minimum Gasteiger partial charge on any atom is -0.344 e. The van der Waals surface area contributed by atoms with Crippen LogP contribution >= 0.6 is 11.3 Å². The maximum Gasteiger partial charge on any atom is 0.214 e. The van der Waals surface area contributed by atoms with E-state index in [0.29, 0.717) is 0 Å². The third-order valence-corrected chi connectivity index (χ3v) is 4.23. The lowest BCUT2D eigenvalue weighted by Crippen LogP contribution is -2.46. The monoisotopic (exact) mass is 251 g/mol. The van der Waals surface area contributed by atoms with E-state index in [-0.39, 0.29) is 0 Å². The summed E-state index contributed by atoms with van der Waals surface area (Å²) in [5.41, 5.74) is 1.03. The van der Waals surface area contributed by atoms with Crippen LogP contribution in [0.1, 0.15) is 12.6 Å². The number of hydrogen-bond acceptors (Lipinski definition) is 5. The van der Waals surface area contributed by atoms with Gasteiger partial charge in [0.15, 0.2) is 0 Å². The van der Waals surface area contributed by atoms with Gasteiger partial charge in [-0.2, -0.15) is 0 Å². The molecule has 0 aromatic carbocycles. The first kappa shape index (κ1) is 11.0. The smallest absolute Gasteiger partial charge is 0.214 e. The van der Waals surface area contributed by atoms with Gasteiger partial charge in [0, 0.05) is 26.2 Å². The van der Waals surface area contributed by atoms with Gasteiger partial charge in [0.2, 0.25) is 10.1 Å². The highest BCUT2D eigenvalue weighted by Gasteiger charge is 2.19. The second kappa shape index (κ2) is 4.27. The minimum atomic E-state index is 0.996. The van der Waals surface area contributed by atoms with Gasteiger partial charge in [0.05, 0.1) is 11.9 Å². The molecule has 0 amide bonds. The number of aromatic nitrogens is 3. The standard InChI is InChI=1S/C11H17N5S/c1-3-14-4-6-15(7-5-14)11-13-16-8-9(2)12-10(16)17-11/h8H,3-7H2,1-2H3. The SMILES string of the molecule is CCN1CCN(c2nn3cc(C)nc3s2)CC1. The van der Waals surface area contributed by atoms with Gasteiger partial charge in [0.1, 0.15) is 0 Å². The van der Waals surface area contributed by atoms with Crippen LogP contribution in [0.3, 0.4) is 0 Å². The summed E-state index contributed by atoms with van der Waals surface area (Å²) in [6.45, 7) is 9.78. The fourth-order valence-corrected chi connectivity index (χ4v) is 3.16. The number of anilines is 1. The number of hydrogen-bond donors (Lipinski definition) is 0. The fourth-order valence-electron chi connectivity index (χ4n) is 2.18. The van der Waals surface area contributed by atoms with Crippen LogP contribution in [0.25, 0.3) is 4.96 Å². The topological polar surface area (TPSA) is 36.7 Å². The van der Waals surface area contributed by atoms with Gasteiger partial charge >= 0.3 is 0 Å². The Kier molecular flexibility index (Phi) is 2.76. The zero-order valence-corrected chi connectivity index (χ0v) is 11.1. The zero-order valence-electron chi connectivity index (χ0n) is 10.3. The number of aryl methyl sites for hydroxylation is 1. The van der Waals surface area contributed by atoms with E-state index in [4.69, 9.17) is 0 Å². The second-order valence-electron chi connectivity index (χ2n) is 4.42. The molecule has 0 bridgehead atoms. The van der Waals surface area contributed by atoms with Crippen molar-refractivity contribution < 1.29 is 0 Å². The number of likely N-dealkylation sites (N-methyl/N-ethyl adjacent to an activating group) is 1. The molecular weight excluding hydrogens is 234 g/mol. The lowest BCUT2D eigenvalue weighted by molar-refractivity contribution is 0.271. The molecule has 0 atom stereocenters. The summed E-state index contributed by atoms with van der Waals surface area (Å²) in [7, 11) is 0. The third-order valence-electron chi connectivity index (χ3n) is 3.24.